The minimum Gasteiger partial charge on any atom is -0.393 e. The summed E-state index contributed by atoms with van der Waals surface area (Å²) in [5.41, 5.74) is 1.10. The standard InChI is InChI=1S/C16H23F2NOS/c1-11(19-10-12-3-2-4-14(20)9-12)13-5-7-15(8-6-13)21-16(17)18/h5-8,11-12,14,16,19-20H,2-4,9-10H2,1H3. The van der Waals surface area contributed by atoms with Crippen molar-refractivity contribution in [3.63, 3.8) is 0 Å². The average molecular weight is 315 g/mol. The highest BCUT2D eigenvalue weighted by Crippen LogP contribution is 2.27. The van der Waals surface area contributed by atoms with Gasteiger partial charge in [0.15, 0.2) is 0 Å². The highest BCUT2D eigenvalue weighted by atomic mass is 32.2. The fraction of sp³-hybridized carbons (Fsp3) is 0.625. The van der Waals surface area contributed by atoms with Crippen LogP contribution in [0.1, 0.15) is 44.2 Å². The van der Waals surface area contributed by atoms with Gasteiger partial charge in [0.2, 0.25) is 0 Å². The van der Waals surface area contributed by atoms with Gasteiger partial charge in [0.05, 0.1) is 6.10 Å². The average Bonchev–Trinajstić information content (AvgIpc) is 2.45. The van der Waals surface area contributed by atoms with Crippen LogP contribution in [0.3, 0.4) is 0 Å². The van der Waals surface area contributed by atoms with Crippen LogP contribution in [-0.4, -0.2) is 23.5 Å². The van der Waals surface area contributed by atoms with E-state index in [9.17, 15) is 13.9 Å². The highest BCUT2D eigenvalue weighted by molar-refractivity contribution is 7.99. The number of benzene rings is 1. The van der Waals surface area contributed by atoms with E-state index in [1.807, 2.05) is 12.1 Å². The van der Waals surface area contributed by atoms with Crippen LogP contribution < -0.4 is 5.32 Å². The van der Waals surface area contributed by atoms with E-state index in [2.05, 4.69) is 12.2 Å². The molecule has 0 radical (unpaired) electrons. The summed E-state index contributed by atoms with van der Waals surface area (Å²) in [5.74, 6) is -1.84. The number of thioether (sulfide) groups is 1. The molecule has 1 aliphatic carbocycles. The van der Waals surface area contributed by atoms with Crippen molar-refractivity contribution in [1.82, 2.24) is 5.32 Å². The maximum atomic E-state index is 12.3. The maximum Gasteiger partial charge on any atom is 0.288 e. The number of aliphatic hydroxyl groups is 1. The van der Waals surface area contributed by atoms with Gasteiger partial charge in [-0.15, -0.1) is 0 Å². The maximum absolute atomic E-state index is 12.3. The topological polar surface area (TPSA) is 32.3 Å². The van der Waals surface area contributed by atoms with E-state index in [1.54, 1.807) is 12.1 Å². The van der Waals surface area contributed by atoms with Crippen molar-refractivity contribution in [1.29, 1.82) is 0 Å². The molecule has 21 heavy (non-hydrogen) atoms. The van der Waals surface area contributed by atoms with E-state index in [1.165, 1.54) is 6.42 Å². The van der Waals surface area contributed by atoms with Crippen molar-refractivity contribution in [3.05, 3.63) is 29.8 Å². The molecule has 1 fully saturated rings. The van der Waals surface area contributed by atoms with Crippen LogP contribution in [0.2, 0.25) is 0 Å². The van der Waals surface area contributed by atoms with E-state index in [0.29, 0.717) is 22.6 Å². The molecule has 0 spiro atoms. The Morgan fingerprint density at radius 3 is 2.62 bits per heavy atom. The van der Waals surface area contributed by atoms with Gasteiger partial charge >= 0.3 is 0 Å². The second kappa shape index (κ2) is 8.11. The molecule has 3 unspecified atom stereocenters. The summed E-state index contributed by atoms with van der Waals surface area (Å²) in [5, 5.41) is 13.2. The van der Waals surface area contributed by atoms with E-state index in [4.69, 9.17) is 0 Å². The van der Waals surface area contributed by atoms with Gasteiger partial charge in [0.25, 0.3) is 5.76 Å². The molecule has 2 nitrogen and oxygen atoms in total. The van der Waals surface area contributed by atoms with Gasteiger partial charge in [-0.1, -0.05) is 30.3 Å². The summed E-state index contributed by atoms with van der Waals surface area (Å²) in [6, 6.07) is 7.48. The third-order valence-corrected chi connectivity index (χ3v) is 4.80. The number of hydrogen-bond donors (Lipinski definition) is 2. The van der Waals surface area contributed by atoms with E-state index < -0.39 is 5.76 Å². The molecule has 0 amide bonds. The fourth-order valence-corrected chi connectivity index (χ4v) is 3.35. The number of alkyl halides is 2. The molecule has 0 bridgehead atoms. The smallest absolute Gasteiger partial charge is 0.288 e. The minimum absolute atomic E-state index is 0.147. The summed E-state index contributed by atoms with van der Waals surface area (Å²) in [7, 11) is 0. The van der Waals surface area contributed by atoms with Crippen molar-refractivity contribution in [2.75, 3.05) is 6.54 Å². The SMILES string of the molecule is CC(NCC1CCCC(O)C1)c1ccc(SC(F)F)cc1. The van der Waals surface area contributed by atoms with Crippen molar-refractivity contribution in [2.24, 2.45) is 5.92 Å². The van der Waals surface area contributed by atoms with E-state index >= 15 is 0 Å². The van der Waals surface area contributed by atoms with Gasteiger partial charge in [0, 0.05) is 10.9 Å². The molecule has 2 N–H and O–H groups in total. The summed E-state index contributed by atoms with van der Waals surface area (Å²) >= 11 is 0.574. The van der Waals surface area contributed by atoms with Crippen LogP contribution in [-0.2, 0) is 0 Å². The normalized spacial score (nSPS) is 24.2. The lowest BCUT2D eigenvalue weighted by Gasteiger charge is -2.27. The Bertz CT molecular complexity index is 427. The van der Waals surface area contributed by atoms with Crippen LogP contribution in [0.4, 0.5) is 8.78 Å². The third kappa shape index (κ3) is 5.57. The molecule has 0 saturated heterocycles. The molecule has 5 heteroatoms. The second-order valence-electron chi connectivity index (χ2n) is 5.76. The summed E-state index contributed by atoms with van der Waals surface area (Å²) in [6.45, 7) is 2.97. The lowest BCUT2D eigenvalue weighted by Crippen LogP contribution is -2.30. The monoisotopic (exact) mass is 315 g/mol. The van der Waals surface area contributed by atoms with Crippen molar-refractivity contribution in [3.8, 4) is 0 Å². The Hall–Kier alpha value is -0.650. The van der Waals surface area contributed by atoms with Gasteiger partial charge < -0.3 is 10.4 Å². The first kappa shape index (κ1) is 16.7. The number of aliphatic hydroxyl groups excluding tert-OH is 1. The van der Waals surface area contributed by atoms with E-state index in [-0.39, 0.29) is 12.1 Å². The number of hydrogen-bond acceptors (Lipinski definition) is 3. The van der Waals surface area contributed by atoms with Gasteiger partial charge in [-0.2, -0.15) is 8.78 Å². The number of halogens is 2. The van der Waals surface area contributed by atoms with Crippen molar-refractivity contribution >= 4 is 11.8 Å². The molecule has 1 aromatic rings. The first-order chi connectivity index (χ1) is 10.0. The molecule has 3 atom stereocenters. The van der Waals surface area contributed by atoms with Crippen LogP contribution in [0.25, 0.3) is 0 Å². The molecule has 1 saturated carbocycles. The summed E-state index contributed by atoms with van der Waals surface area (Å²) in [4.78, 5) is 0.594. The van der Waals surface area contributed by atoms with Crippen LogP contribution in [0.15, 0.2) is 29.2 Å². The summed E-state index contributed by atoms with van der Waals surface area (Å²) in [6.07, 6.45) is 3.92. The Kier molecular flexibility index (Phi) is 6.45. The van der Waals surface area contributed by atoms with Gasteiger partial charge in [-0.05, 0) is 56.3 Å². The molecule has 1 aliphatic rings. The predicted molar refractivity (Wildman–Crippen MR) is 82.7 cm³/mol. The van der Waals surface area contributed by atoms with Crippen LogP contribution in [0.5, 0.6) is 0 Å². The van der Waals surface area contributed by atoms with E-state index in [0.717, 1.165) is 31.4 Å². The summed E-state index contributed by atoms with van der Waals surface area (Å²) < 4.78 is 24.5. The highest BCUT2D eigenvalue weighted by Gasteiger charge is 2.20. The molecular formula is C16H23F2NOS. The number of rotatable bonds is 6. The zero-order valence-corrected chi connectivity index (χ0v) is 13.1. The van der Waals surface area contributed by atoms with Crippen LogP contribution >= 0.6 is 11.8 Å². The molecule has 2 rings (SSSR count). The molecular weight excluding hydrogens is 292 g/mol. The molecule has 0 aromatic heterocycles. The Balaban J connectivity index is 1.81. The Labute approximate surface area is 129 Å². The molecule has 0 heterocycles. The first-order valence-electron chi connectivity index (χ1n) is 7.51. The Morgan fingerprint density at radius 1 is 1.29 bits per heavy atom. The van der Waals surface area contributed by atoms with Gasteiger partial charge in [-0.3, -0.25) is 0 Å². The molecule has 1 aromatic carbocycles. The largest absolute Gasteiger partial charge is 0.393 e. The van der Waals surface area contributed by atoms with Gasteiger partial charge in [0.1, 0.15) is 0 Å². The lowest BCUT2D eigenvalue weighted by atomic mass is 9.87. The van der Waals surface area contributed by atoms with Crippen molar-refractivity contribution < 1.29 is 13.9 Å². The number of nitrogens with one attached hydrogen (secondary N) is 1. The predicted octanol–water partition coefficient (Wildman–Crippen LogP) is 4.20. The molecule has 0 aliphatic heterocycles. The first-order valence-corrected chi connectivity index (χ1v) is 8.38. The Morgan fingerprint density at radius 2 is 2.00 bits per heavy atom. The zero-order chi connectivity index (χ0) is 15.2. The van der Waals surface area contributed by atoms with Gasteiger partial charge in [-0.25, -0.2) is 0 Å². The zero-order valence-electron chi connectivity index (χ0n) is 12.3. The van der Waals surface area contributed by atoms with Crippen LogP contribution in [0, 0.1) is 5.92 Å². The van der Waals surface area contributed by atoms with Crippen molar-refractivity contribution in [2.45, 2.75) is 55.4 Å². The molecule has 118 valence electrons. The lowest BCUT2D eigenvalue weighted by molar-refractivity contribution is 0.0998. The fourth-order valence-electron chi connectivity index (χ4n) is 2.85. The third-order valence-electron chi connectivity index (χ3n) is 4.07. The minimum atomic E-state index is -2.37. The quantitative estimate of drug-likeness (QED) is 0.772. The second-order valence-corrected chi connectivity index (χ2v) is 6.83.